The maximum Gasteiger partial charge on any atom is 0.142 e. The Morgan fingerprint density at radius 3 is 2.61 bits per heavy atom. The van der Waals surface area contributed by atoms with Crippen molar-refractivity contribution in [1.82, 2.24) is 0 Å². The van der Waals surface area contributed by atoms with Crippen LogP contribution in [0.4, 0.5) is 5.69 Å². The summed E-state index contributed by atoms with van der Waals surface area (Å²) < 4.78 is 5.46. The third kappa shape index (κ3) is 2.78. The van der Waals surface area contributed by atoms with Gasteiger partial charge >= 0.3 is 0 Å². The van der Waals surface area contributed by atoms with Gasteiger partial charge in [0.05, 0.1) is 12.8 Å². The van der Waals surface area contributed by atoms with Gasteiger partial charge in [0, 0.05) is 6.54 Å². The molecule has 18 heavy (non-hydrogen) atoms. The van der Waals surface area contributed by atoms with E-state index in [-0.39, 0.29) is 0 Å². The zero-order valence-electron chi connectivity index (χ0n) is 11.6. The molecule has 1 fully saturated rings. The number of nitrogens with two attached hydrogens (primary N) is 1. The van der Waals surface area contributed by atoms with Crippen molar-refractivity contribution >= 4 is 5.69 Å². The molecule has 0 aromatic heterocycles. The quantitative estimate of drug-likeness (QED) is 0.813. The molecule has 1 saturated carbocycles. The van der Waals surface area contributed by atoms with E-state index in [1.165, 1.54) is 18.4 Å². The van der Waals surface area contributed by atoms with E-state index >= 15 is 0 Å². The summed E-state index contributed by atoms with van der Waals surface area (Å²) in [5.41, 5.74) is 8.51. The largest absolute Gasteiger partial charge is 0.495 e. The molecule has 0 bridgehead atoms. The summed E-state index contributed by atoms with van der Waals surface area (Å²) in [6.45, 7) is 6.10. The van der Waals surface area contributed by atoms with Gasteiger partial charge in [0.1, 0.15) is 5.75 Å². The van der Waals surface area contributed by atoms with Crippen LogP contribution in [0.1, 0.15) is 38.2 Å². The normalized spacial score (nSPS) is 16.7. The number of nitrogens with one attached hydrogen (secondary N) is 1. The highest BCUT2D eigenvalue weighted by atomic mass is 16.5. The summed E-state index contributed by atoms with van der Waals surface area (Å²) >= 11 is 0. The standard InChI is InChI=1S/C15H24N2O/c1-11(2)12-4-5-13(14(8-12)18-3)17-10-15(9-16)6-7-15/h4-5,8,11,17H,6-7,9-10,16H2,1-3H3. The lowest BCUT2D eigenvalue weighted by Crippen LogP contribution is -2.24. The fourth-order valence-electron chi connectivity index (χ4n) is 2.13. The van der Waals surface area contributed by atoms with Gasteiger partial charge in [-0.15, -0.1) is 0 Å². The van der Waals surface area contributed by atoms with Gasteiger partial charge in [-0.2, -0.15) is 0 Å². The van der Waals surface area contributed by atoms with Gasteiger partial charge in [-0.3, -0.25) is 0 Å². The van der Waals surface area contributed by atoms with Crippen LogP contribution in [0, 0.1) is 5.41 Å². The molecule has 1 aliphatic rings. The summed E-state index contributed by atoms with van der Waals surface area (Å²) in [6.07, 6.45) is 2.48. The summed E-state index contributed by atoms with van der Waals surface area (Å²) in [4.78, 5) is 0. The molecule has 0 atom stereocenters. The zero-order valence-corrected chi connectivity index (χ0v) is 11.6. The molecular formula is C15H24N2O. The molecule has 0 amide bonds. The molecule has 0 unspecified atom stereocenters. The van der Waals surface area contributed by atoms with Crippen LogP contribution in [0.3, 0.4) is 0 Å². The Morgan fingerprint density at radius 2 is 2.11 bits per heavy atom. The predicted octanol–water partition coefficient (Wildman–Crippen LogP) is 2.97. The monoisotopic (exact) mass is 248 g/mol. The van der Waals surface area contributed by atoms with Crippen LogP contribution in [0.5, 0.6) is 5.75 Å². The van der Waals surface area contributed by atoms with Crippen LogP contribution in [0.25, 0.3) is 0 Å². The molecule has 0 spiro atoms. The van der Waals surface area contributed by atoms with Gasteiger partial charge in [-0.1, -0.05) is 19.9 Å². The molecule has 3 N–H and O–H groups in total. The second-order valence-corrected chi connectivity index (χ2v) is 5.67. The van der Waals surface area contributed by atoms with Crippen LogP contribution in [0.15, 0.2) is 18.2 Å². The summed E-state index contributed by atoms with van der Waals surface area (Å²) in [5.74, 6) is 1.45. The molecule has 3 heteroatoms. The lowest BCUT2D eigenvalue weighted by Gasteiger charge is -2.17. The first-order valence-electron chi connectivity index (χ1n) is 6.72. The number of anilines is 1. The highest BCUT2D eigenvalue weighted by Crippen LogP contribution is 2.44. The Bertz CT molecular complexity index is 411. The Labute approximate surface area is 110 Å². The van der Waals surface area contributed by atoms with E-state index < -0.39 is 0 Å². The fourth-order valence-corrected chi connectivity index (χ4v) is 2.13. The van der Waals surface area contributed by atoms with Crippen molar-refractivity contribution in [2.75, 3.05) is 25.5 Å². The molecule has 1 aliphatic carbocycles. The fraction of sp³-hybridized carbons (Fsp3) is 0.600. The lowest BCUT2D eigenvalue weighted by molar-refractivity contribution is 0.415. The SMILES string of the molecule is COc1cc(C(C)C)ccc1NCC1(CN)CC1. The molecule has 3 nitrogen and oxygen atoms in total. The van der Waals surface area contributed by atoms with Crippen LogP contribution < -0.4 is 15.8 Å². The van der Waals surface area contributed by atoms with Gasteiger partial charge in [0.2, 0.25) is 0 Å². The van der Waals surface area contributed by atoms with E-state index in [1.54, 1.807) is 7.11 Å². The van der Waals surface area contributed by atoms with Gasteiger partial charge < -0.3 is 15.8 Å². The Balaban J connectivity index is 2.07. The maximum absolute atomic E-state index is 5.80. The minimum atomic E-state index is 0.335. The number of hydrogen-bond acceptors (Lipinski definition) is 3. The molecule has 1 aromatic rings. The molecule has 0 saturated heterocycles. The van der Waals surface area contributed by atoms with Crippen LogP contribution in [0.2, 0.25) is 0 Å². The van der Waals surface area contributed by atoms with E-state index in [1.807, 2.05) is 0 Å². The molecular weight excluding hydrogens is 224 g/mol. The maximum atomic E-state index is 5.80. The summed E-state index contributed by atoms with van der Waals surface area (Å²) in [7, 11) is 1.72. The number of rotatable bonds is 6. The van der Waals surface area contributed by atoms with Crippen molar-refractivity contribution in [3.05, 3.63) is 23.8 Å². The Hall–Kier alpha value is -1.22. The highest BCUT2D eigenvalue weighted by molar-refractivity contribution is 5.58. The van der Waals surface area contributed by atoms with Crippen molar-refractivity contribution in [3.8, 4) is 5.75 Å². The van der Waals surface area contributed by atoms with Gasteiger partial charge in [0.15, 0.2) is 0 Å². The van der Waals surface area contributed by atoms with Crippen LogP contribution in [-0.4, -0.2) is 20.2 Å². The molecule has 0 aliphatic heterocycles. The molecule has 0 radical (unpaired) electrons. The molecule has 100 valence electrons. The van der Waals surface area contributed by atoms with Gasteiger partial charge in [-0.25, -0.2) is 0 Å². The second kappa shape index (κ2) is 5.19. The highest BCUT2D eigenvalue weighted by Gasteiger charge is 2.40. The van der Waals surface area contributed by atoms with E-state index in [0.717, 1.165) is 24.5 Å². The van der Waals surface area contributed by atoms with Crippen molar-refractivity contribution in [1.29, 1.82) is 0 Å². The van der Waals surface area contributed by atoms with E-state index in [4.69, 9.17) is 10.5 Å². The number of benzene rings is 1. The van der Waals surface area contributed by atoms with Gasteiger partial charge in [0.25, 0.3) is 0 Å². The minimum Gasteiger partial charge on any atom is -0.495 e. The minimum absolute atomic E-state index is 0.335. The van der Waals surface area contributed by atoms with E-state index in [2.05, 4.69) is 37.4 Å². The average Bonchev–Trinajstić information content (AvgIpc) is 3.16. The molecule has 0 heterocycles. The molecule has 1 aromatic carbocycles. The first-order valence-corrected chi connectivity index (χ1v) is 6.72. The predicted molar refractivity (Wildman–Crippen MR) is 76.3 cm³/mol. The third-order valence-corrected chi connectivity index (χ3v) is 3.94. The Kier molecular flexibility index (Phi) is 3.81. The van der Waals surface area contributed by atoms with E-state index in [9.17, 15) is 0 Å². The first kappa shape index (κ1) is 13.2. The lowest BCUT2D eigenvalue weighted by atomic mass is 10.0. The topological polar surface area (TPSA) is 47.3 Å². The van der Waals surface area contributed by atoms with Crippen molar-refractivity contribution in [2.24, 2.45) is 11.1 Å². The smallest absolute Gasteiger partial charge is 0.142 e. The number of methoxy groups -OCH3 is 1. The first-order chi connectivity index (χ1) is 8.60. The third-order valence-electron chi connectivity index (χ3n) is 3.94. The summed E-state index contributed by atoms with van der Waals surface area (Å²) in [5, 5.41) is 3.48. The Morgan fingerprint density at radius 1 is 1.39 bits per heavy atom. The number of hydrogen-bond donors (Lipinski definition) is 2. The van der Waals surface area contributed by atoms with Gasteiger partial charge in [-0.05, 0) is 48.4 Å². The van der Waals surface area contributed by atoms with E-state index in [0.29, 0.717) is 11.3 Å². The zero-order chi connectivity index (χ0) is 13.2. The number of ether oxygens (including phenoxy) is 1. The second-order valence-electron chi connectivity index (χ2n) is 5.67. The van der Waals surface area contributed by atoms with Crippen molar-refractivity contribution < 1.29 is 4.74 Å². The van der Waals surface area contributed by atoms with Crippen molar-refractivity contribution in [3.63, 3.8) is 0 Å². The average molecular weight is 248 g/mol. The van der Waals surface area contributed by atoms with Crippen LogP contribution in [-0.2, 0) is 0 Å². The van der Waals surface area contributed by atoms with Crippen LogP contribution >= 0.6 is 0 Å². The van der Waals surface area contributed by atoms with Crippen molar-refractivity contribution in [2.45, 2.75) is 32.6 Å². The molecule has 2 rings (SSSR count). The summed E-state index contributed by atoms with van der Waals surface area (Å²) in [6, 6.07) is 6.40.